The maximum atomic E-state index is 11.8. The number of nitrogens with zero attached hydrogens (tertiary/aromatic N) is 1. The molecule has 2 aromatic carbocycles. The number of halogens is 1. The van der Waals surface area contributed by atoms with Crippen molar-refractivity contribution in [1.29, 1.82) is 0 Å². The van der Waals surface area contributed by atoms with Crippen LogP contribution in [0.3, 0.4) is 0 Å². The van der Waals surface area contributed by atoms with Crippen molar-refractivity contribution < 1.29 is 4.79 Å². The molecular formula is C16H15ClN2O. The molecule has 1 N–H and O–H groups in total. The minimum absolute atomic E-state index is 0.150. The van der Waals surface area contributed by atoms with Gasteiger partial charge in [-0.05, 0) is 30.2 Å². The predicted molar refractivity (Wildman–Crippen MR) is 82.0 cm³/mol. The average molecular weight is 287 g/mol. The molecule has 0 unspecified atom stereocenters. The van der Waals surface area contributed by atoms with E-state index in [1.54, 1.807) is 12.1 Å². The van der Waals surface area contributed by atoms with Gasteiger partial charge in [0, 0.05) is 5.02 Å². The zero-order valence-electron chi connectivity index (χ0n) is 11.1. The molecule has 1 amide bonds. The van der Waals surface area contributed by atoms with Crippen molar-refractivity contribution in [1.82, 2.24) is 5.43 Å². The molecule has 3 nitrogen and oxygen atoms in total. The molecule has 2 aromatic rings. The Bertz CT molecular complexity index is 606. The minimum atomic E-state index is -0.150. The van der Waals surface area contributed by atoms with Crippen LogP contribution in [-0.4, -0.2) is 11.6 Å². The van der Waals surface area contributed by atoms with Crippen LogP contribution in [0.1, 0.15) is 18.1 Å². The fourth-order valence-corrected chi connectivity index (χ4v) is 1.84. The van der Waals surface area contributed by atoms with Crippen LogP contribution in [0.25, 0.3) is 0 Å². The van der Waals surface area contributed by atoms with E-state index in [9.17, 15) is 4.79 Å². The Hall–Kier alpha value is -2.13. The van der Waals surface area contributed by atoms with Crippen LogP contribution in [0.4, 0.5) is 0 Å². The van der Waals surface area contributed by atoms with Gasteiger partial charge in [0.25, 0.3) is 0 Å². The monoisotopic (exact) mass is 286 g/mol. The summed E-state index contributed by atoms with van der Waals surface area (Å²) in [6.45, 7) is 1.86. The summed E-state index contributed by atoms with van der Waals surface area (Å²) in [6, 6.07) is 16.9. The van der Waals surface area contributed by atoms with E-state index in [4.69, 9.17) is 11.6 Å². The number of hydrogen-bond donors (Lipinski definition) is 1. The van der Waals surface area contributed by atoms with Gasteiger partial charge in [0.15, 0.2) is 0 Å². The lowest BCUT2D eigenvalue weighted by atomic mass is 10.1. The van der Waals surface area contributed by atoms with E-state index in [0.29, 0.717) is 5.02 Å². The number of carbonyl (C=O) groups excluding carboxylic acids is 1. The third-order valence-corrected chi connectivity index (χ3v) is 3.07. The molecule has 0 bridgehead atoms. The number of nitrogens with one attached hydrogen (secondary N) is 1. The second-order valence-corrected chi connectivity index (χ2v) is 4.84. The number of amides is 1. The number of hydrazone groups is 1. The summed E-state index contributed by atoms with van der Waals surface area (Å²) >= 11 is 5.80. The summed E-state index contributed by atoms with van der Waals surface area (Å²) < 4.78 is 0. The summed E-state index contributed by atoms with van der Waals surface area (Å²) in [7, 11) is 0. The van der Waals surface area contributed by atoms with Crippen LogP contribution in [0.5, 0.6) is 0 Å². The molecule has 0 heterocycles. The van der Waals surface area contributed by atoms with Gasteiger partial charge in [-0.25, -0.2) is 5.43 Å². The van der Waals surface area contributed by atoms with E-state index in [0.717, 1.165) is 16.8 Å². The Labute approximate surface area is 123 Å². The largest absolute Gasteiger partial charge is 0.273 e. The highest BCUT2D eigenvalue weighted by atomic mass is 35.5. The SMILES string of the molecule is CC(=NNC(=O)Cc1ccc(Cl)cc1)c1ccccc1. The summed E-state index contributed by atoms with van der Waals surface area (Å²) in [5, 5.41) is 4.76. The second-order valence-electron chi connectivity index (χ2n) is 4.40. The zero-order chi connectivity index (χ0) is 14.4. The smallest absolute Gasteiger partial charge is 0.244 e. The first kappa shape index (κ1) is 14.3. The van der Waals surface area contributed by atoms with Crippen LogP contribution >= 0.6 is 11.6 Å². The Morgan fingerprint density at radius 2 is 1.75 bits per heavy atom. The summed E-state index contributed by atoms with van der Waals surface area (Å²) in [5.74, 6) is -0.150. The zero-order valence-corrected chi connectivity index (χ0v) is 11.9. The topological polar surface area (TPSA) is 41.5 Å². The van der Waals surface area contributed by atoms with E-state index in [-0.39, 0.29) is 12.3 Å². The third-order valence-electron chi connectivity index (χ3n) is 2.82. The predicted octanol–water partition coefficient (Wildman–Crippen LogP) is 3.42. The molecule has 0 atom stereocenters. The highest BCUT2D eigenvalue weighted by Crippen LogP contribution is 2.09. The molecule has 4 heteroatoms. The molecule has 0 aliphatic rings. The number of rotatable bonds is 4. The van der Waals surface area contributed by atoms with Gasteiger partial charge in [0.1, 0.15) is 0 Å². The van der Waals surface area contributed by atoms with Crippen molar-refractivity contribution in [2.75, 3.05) is 0 Å². The Kier molecular flexibility index (Phi) is 4.91. The molecule has 0 aromatic heterocycles. The molecule has 0 fully saturated rings. The molecule has 0 aliphatic heterocycles. The van der Waals surface area contributed by atoms with E-state index < -0.39 is 0 Å². The summed E-state index contributed by atoms with van der Waals surface area (Å²) in [6.07, 6.45) is 0.280. The van der Waals surface area contributed by atoms with Gasteiger partial charge in [-0.1, -0.05) is 54.1 Å². The van der Waals surface area contributed by atoms with E-state index in [2.05, 4.69) is 10.5 Å². The molecule has 2 rings (SSSR count). The first-order chi connectivity index (χ1) is 9.65. The van der Waals surface area contributed by atoms with E-state index >= 15 is 0 Å². The van der Waals surface area contributed by atoms with Gasteiger partial charge in [0.05, 0.1) is 12.1 Å². The highest BCUT2D eigenvalue weighted by Gasteiger charge is 2.03. The van der Waals surface area contributed by atoms with E-state index in [1.807, 2.05) is 49.4 Å². The van der Waals surface area contributed by atoms with Crippen molar-refractivity contribution in [3.63, 3.8) is 0 Å². The van der Waals surface area contributed by atoms with Crippen LogP contribution in [0.2, 0.25) is 5.02 Å². The first-order valence-corrected chi connectivity index (χ1v) is 6.66. The lowest BCUT2D eigenvalue weighted by Gasteiger charge is -2.03. The Morgan fingerprint density at radius 3 is 2.40 bits per heavy atom. The molecule has 0 saturated heterocycles. The van der Waals surface area contributed by atoms with Gasteiger partial charge in [-0.2, -0.15) is 5.10 Å². The van der Waals surface area contributed by atoms with E-state index in [1.165, 1.54) is 0 Å². The Balaban J connectivity index is 1.93. The molecule has 102 valence electrons. The van der Waals surface area contributed by atoms with Crippen LogP contribution in [-0.2, 0) is 11.2 Å². The normalized spacial score (nSPS) is 11.2. The fourth-order valence-electron chi connectivity index (χ4n) is 1.72. The van der Waals surface area contributed by atoms with Crippen LogP contribution < -0.4 is 5.43 Å². The number of hydrogen-bond acceptors (Lipinski definition) is 2. The van der Waals surface area contributed by atoms with Crippen molar-refractivity contribution in [3.05, 3.63) is 70.7 Å². The molecule has 0 aliphatic carbocycles. The maximum absolute atomic E-state index is 11.8. The molecule has 20 heavy (non-hydrogen) atoms. The van der Waals surface area contributed by atoms with Crippen molar-refractivity contribution in [2.45, 2.75) is 13.3 Å². The molecule has 0 spiro atoms. The molecule has 0 radical (unpaired) electrons. The minimum Gasteiger partial charge on any atom is -0.273 e. The van der Waals surface area contributed by atoms with Crippen molar-refractivity contribution >= 4 is 23.2 Å². The third kappa shape index (κ3) is 4.21. The maximum Gasteiger partial charge on any atom is 0.244 e. The van der Waals surface area contributed by atoms with Crippen LogP contribution in [0.15, 0.2) is 59.7 Å². The van der Waals surface area contributed by atoms with Gasteiger partial charge in [0.2, 0.25) is 5.91 Å². The van der Waals surface area contributed by atoms with Crippen LogP contribution in [0, 0.1) is 0 Å². The molecular weight excluding hydrogens is 272 g/mol. The van der Waals surface area contributed by atoms with Gasteiger partial charge >= 0.3 is 0 Å². The Morgan fingerprint density at radius 1 is 1.10 bits per heavy atom. The number of benzene rings is 2. The van der Waals surface area contributed by atoms with Gasteiger partial charge in [-0.3, -0.25) is 4.79 Å². The fraction of sp³-hybridized carbons (Fsp3) is 0.125. The second kappa shape index (κ2) is 6.87. The molecule has 0 saturated carbocycles. The van der Waals surface area contributed by atoms with Crippen molar-refractivity contribution in [3.8, 4) is 0 Å². The first-order valence-electron chi connectivity index (χ1n) is 6.28. The number of carbonyl (C=O) groups is 1. The average Bonchev–Trinajstić information content (AvgIpc) is 2.48. The standard InChI is InChI=1S/C16H15ClN2O/c1-12(14-5-3-2-4-6-14)18-19-16(20)11-13-7-9-15(17)10-8-13/h2-10H,11H2,1H3,(H,19,20). The van der Waals surface area contributed by atoms with Gasteiger partial charge < -0.3 is 0 Å². The summed E-state index contributed by atoms with van der Waals surface area (Å²) in [5.41, 5.74) is 5.22. The highest BCUT2D eigenvalue weighted by molar-refractivity contribution is 6.30. The quantitative estimate of drug-likeness (QED) is 0.679. The van der Waals surface area contributed by atoms with Gasteiger partial charge in [-0.15, -0.1) is 0 Å². The summed E-state index contributed by atoms with van der Waals surface area (Å²) in [4.78, 5) is 11.8. The lowest BCUT2D eigenvalue weighted by molar-refractivity contribution is -0.120. The lowest BCUT2D eigenvalue weighted by Crippen LogP contribution is -2.21. The van der Waals surface area contributed by atoms with Crippen molar-refractivity contribution in [2.24, 2.45) is 5.10 Å².